The number of hydrogen-bond donors (Lipinski definition) is 2. The molecular weight excluding hydrogens is 336 g/mol. The van der Waals surface area contributed by atoms with Crippen LogP contribution in [0.4, 0.5) is 0 Å². The van der Waals surface area contributed by atoms with Crippen molar-refractivity contribution in [3.05, 3.63) is 58.1 Å². The molecule has 0 atom stereocenters. The minimum atomic E-state index is -0.333. The number of methoxy groups -OCH3 is 1. The number of hydrogen-bond acceptors (Lipinski definition) is 4. The number of ether oxygens (including phenoxy) is 1. The Morgan fingerprint density at radius 2 is 2.14 bits per heavy atom. The lowest BCUT2D eigenvalue weighted by atomic mass is 10.2. The summed E-state index contributed by atoms with van der Waals surface area (Å²) in [6, 6.07) is 11.8. The van der Waals surface area contributed by atoms with E-state index in [0.717, 1.165) is 4.47 Å². The van der Waals surface area contributed by atoms with Crippen LogP contribution in [0.3, 0.4) is 0 Å². The monoisotopic (exact) mass is 348 g/mol. The third-order valence-corrected chi connectivity index (χ3v) is 3.19. The number of aromatic hydroxyl groups is 1. The summed E-state index contributed by atoms with van der Waals surface area (Å²) in [6.07, 6.45) is 1.37. The minimum Gasteiger partial charge on any atom is -0.507 e. The van der Waals surface area contributed by atoms with Crippen LogP contribution >= 0.6 is 15.9 Å². The highest BCUT2D eigenvalue weighted by Gasteiger charge is 2.04. The van der Waals surface area contributed by atoms with Gasteiger partial charge < -0.3 is 9.84 Å². The Balaban J connectivity index is 2.04. The summed E-state index contributed by atoms with van der Waals surface area (Å²) < 4.78 is 5.80. The number of phenols is 1. The van der Waals surface area contributed by atoms with Crippen molar-refractivity contribution < 1.29 is 14.6 Å². The first-order chi connectivity index (χ1) is 10.1. The molecule has 108 valence electrons. The molecule has 2 aromatic carbocycles. The molecular formula is C15H13BrN2O3. The van der Waals surface area contributed by atoms with Gasteiger partial charge in [0.15, 0.2) is 0 Å². The first kappa shape index (κ1) is 15.1. The summed E-state index contributed by atoms with van der Waals surface area (Å²) in [4.78, 5) is 11.8. The molecule has 0 saturated carbocycles. The highest BCUT2D eigenvalue weighted by Crippen LogP contribution is 2.21. The van der Waals surface area contributed by atoms with Crippen LogP contribution < -0.4 is 10.2 Å². The Labute approximate surface area is 130 Å². The van der Waals surface area contributed by atoms with E-state index in [0.29, 0.717) is 16.9 Å². The molecule has 0 aromatic heterocycles. The Morgan fingerprint density at radius 3 is 2.81 bits per heavy atom. The molecule has 0 aliphatic carbocycles. The van der Waals surface area contributed by atoms with E-state index in [9.17, 15) is 9.90 Å². The number of halogens is 1. The maximum atomic E-state index is 11.8. The van der Waals surface area contributed by atoms with Crippen LogP contribution in [0.25, 0.3) is 0 Å². The van der Waals surface area contributed by atoms with Gasteiger partial charge in [-0.25, -0.2) is 5.43 Å². The van der Waals surface area contributed by atoms with Crippen molar-refractivity contribution in [2.75, 3.05) is 7.11 Å². The van der Waals surface area contributed by atoms with Crippen molar-refractivity contribution in [2.24, 2.45) is 5.10 Å². The SMILES string of the molecule is COc1ccc(/C=N/NC(=O)c2cccc(Br)c2)c(O)c1. The number of nitrogens with one attached hydrogen (secondary N) is 1. The highest BCUT2D eigenvalue weighted by atomic mass is 79.9. The number of rotatable bonds is 4. The van der Waals surface area contributed by atoms with Crippen LogP contribution in [0.5, 0.6) is 11.5 Å². The number of amides is 1. The summed E-state index contributed by atoms with van der Waals surface area (Å²) >= 11 is 3.30. The third-order valence-electron chi connectivity index (χ3n) is 2.69. The van der Waals surface area contributed by atoms with Gasteiger partial charge in [-0.15, -0.1) is 0 Å². The summed E-state index contributed by atoms with van der Waals surface area (Å²) in [7, 11) is 1.51. The Hall–Kier alpha value is -2.34. The Kier molecular flexibility index (Phi) is 4.94. The lowest BCUT2D eigenvalue weighted by molar-refractivity contribution is 0.0955. The van der Waals surface area contributed by atoms with Crippen molar-refractivity contribution in [1.29, 1.82) is 0 Å². The van der Waals surface area contributed by atoms with E-state index in [1.165, 1.54) is 19.4 Å². The summed E-state index contributed by atoms with van der Waals surface area (Å²) in [5.41, 5.74) is 3.36. The lowest BCUT2D eigenvalue weighted by Crippen LogP contribution is -2.17. The predicted molar refractivity (Wildman–Crippen MR) is 83.9 cm³/mol. The molecule has 2 N–H and O–H groups in total. The Morgan fingerprint density at radius 1 is 1.33 bits per heavy atom. The van der Waals surface area contributed by atoms with Crippen LogP contribution in [0.1, 0.15) is 15.9 Å². The molecule has 0 aliphatic rings. The van der Waals surface area contributed by atoms with Gasteiger partial charge >= 0.3 is 0 Å². The zero-order chi connectivity index (χ0) is 15.2. The molecule has 0 saturated heterocycles. The zero-order valence-electron chi connectivity index (χ0n) is 11.2. The quantitative estimate of drug-likeness (QED) is 0.659. The first-order valence-corrected chi connectivity index (χ1v) is 6.85. The van der Waals surface area contributed by atoms with E-state index in [-0.39, 0.29) is 11.7 Å². The maximum absolute atomic E-state index is 11.8. The highest BCUT2D eigenvalue weighted by molar-refractivity contribution is 9.10. The smallest absolute Gasteiger partial charge is 0.271 e. The van der Waals surface area contributed by atoms with Gasteiger partial charge in [0.25, 0.3) is 5.91 Å². The normalized spacial score (nSPS) is 10.6. The van der Waals surface area contributed by atoms with Gasteiger partial charge in [-0.2, -0.15) is 5.10 Å². The van der Waals surface area contributed by atoms with E-state index in [1.807, 2.05) is 6.07 Å². The van der Waals surface area contributed by atoms with E-state index in [2.05, 4.69) is 26.5 Å². The lowest BCUT2D eigenvalue weighted by Gasteiger charge is -2.03. The fourth-order valence-corrected chi connectivity index (χ4v) is 2.01. The topological polar surface area (TPSA) is 70.9 Å². The van der Waals surface area contributed by atoms with Crippen LogP contribution in [-0.4, -0.2) is 24.3 Å². The molecule has 0 bridgehead atoms. The second-order valence-corrected chi connectivity index (χ2v) is 5.05. The number of nitrogens with zero attached hydrogens (tertiary/aromatic N) is 1. The number of hydrazone groups is 1. The number of phenolic OH excluding ortho intramolecular Hbond substituents is 1. The molecule has 5 nitrogen and oxygen atoms in total. The summed E-state index contributed by atoms with van der Waals surface area (Å²) in [5.74, 6) is 0.234. The third kappa shape index (κ3) is 4.06. The van der Waals surface area contributed by atoms with Gasteiger partial charge in [-0.1, -0.05) is 22.0 Å². The molecule has 6 heteroatoms. The van der Waals surface area contributed by atoms with Gasteiger partial charge in [0.1, 0.15) is 11.5 Å². The molecule has 0 fully saturated rings. The van der Waals surface area contributed by atoms with Crippen LogP contribution in [0.2, 0.25) is 0 Å². The van der Waals surface area contributed by atoms with Gasteiger partial charge in [0, 0.05) is 21.7 Å². The number of benzene rings is 2. The molecule has 1 amide bonds. The zero-order valence-corrected chi connectivity index (χ0v) is 12.8. The van der Waals surface area contributed by atoms with E-state index >= 15 is 0 Å². The molecule has 0 aliphatic heterocycles. The second-order valence-electron chi connectivity index (χ2n) is 4.13. The van der Waals surface area contributed by atoms with Crippen molar-refractivity contribution in [1.82, 2.24) is 5.43 Å². The standard InChI is InChI=1S/C15H13BrN2O3/c1-21-13-6-5-11(14(19)8-13)9-17-18-15(20)10-3-2-4-12(16)7-10/h2-9,19H,1H3,(H,18,20)/b17-9+. The molecule has 0 heterocycles. The summed E-state index contributed by atoms with van der Waals surface area (Å²) in [6.45, 7) is 0. The van der Waals surface area contributed by atoms with E-state index in [1.54, 1.807) is 30.3 Å². The van der Waals surface area contributed by atoms with Gasteiger partial charge in [-0.05, 0) is 30.3 Å². The van der Waals surface area contributed by atoms with Gasteiger partial charge in [-0.3, -0.25) is 4.79 Å². The number of carbonyl (C=O) groups excluding carboxylic acids is 1. The fraction of sp³-hybridized carbons (Fsp3) is 0.0667. The van der Waals surface area contributed by atoms with Gasteiger partial charge in [0.2, 0.25) is 0 Å². The van der Waals surface area contributed by atoms with Crippen LogP contribution in [0, 0.1) is 0 Å². The van der Waals surface area contributed by atoms with Crippen molar-refractivity contribution in [3.8, 4) is 11.5 Å². The Bertz CT molecular complexity index is 686. The molecule has 2 aromatic rings. The molecule has 0 radical (unpaired) electrons. The second kappa shape index (κ2) is 6.90. The summed E-state index contributed by atoms with van der Waals surface area (Å²) in [5, 5.41) is 13.6. The van der Waals surface area contributed by atoms with Crippen LogP contribution in [-0.2, 0) is 0 Å². The van der Waals surface area contributed by atoms with Crippen molar-refractivity contribution in [3.63, 3.8) is 0 Å². The minimum absolute atomic E-state index is 0.0230. The van der Waals surface area contributed by atoms with Crippen molar-refractivity contribution >= 4 is 28.1 Å². The maximum Gasteiger partial charge on any atom is 0.271 e. The van der Waals surface area contributed by atoms with Crippen molar-refractivity contribution in [2.45, 2.75) is 0 Å². The average Bonchev–Trinajstić information content (AvgIpc) is 2.48. The predicted octanol–water partition coefficient (Wildman–Crippen LogP) is 2.93. The average molecular weight is 349 g/mol. The molecule has 0 spiro atoms. The van der Waals surface area contributed by atoms with Gasteiger partial charge in [0.05, 0.1) is 13.3 Å². The van der Waals surface area contributed by atoms with E-state index < -0.39 is 0 Å². The molecule has 0 unspecified atom stereocenters. The first-order valence-electron chi connectivity index (χ1n) is 6.06. The van der Waals surface area contributed by atoms with Crippen LogP contribution in [0.15, 0.2) is 52.0 Å². The largest absolute Gasteiger partial charge is 0.507 e. The fourth-order valence-electron chi connectivity index (χ4n) is 1.61. The van der Waals surface area contributed by atoms with E-state index in [4.69, 9.17) is 4.74 Å². The number of carbonyl (C=O) groups is 1. The molecule has 2 rings (SSSR count). The molecule has 21 heavy (non-hydrogen) atoms.